The van der Waals surface area contributed by atoms with Crippen LogP contribution in [0.25, 0.3) is 0 Å². The molecule has 1 aliphatic heterocycles. The Morgan fingerprint density at radius 3 is 2.40 bits per heavy atom. The lowest BCUT2D eigenvalue weighted by Gasteiger charge is -2.60. The molecule has 8 atom stereocenters. The van der Waals surface area contributed by atoms with E-state index in [0.717, 1.165) is 55.3 Å². The first kappa shape index (κ1) is 28.8. The second kappa shape index (κ2) is 12.6. The minimum Gasteiger partial charge on any atom is -0.333 e. The predicted molar refractivity (Wildman–Crippen MR) is 148 cm³/mol. The number of carbonyl (C=O) groups excluding carboxylic acids is 1. The summed E-state index contributed by atoms with van der Waals surface area (Å²) < 4.78 is 0. The quantitative estimate of drug-likeness (QED) is 0.381. The Balaban J connectivity index is 0.000000240. The van der Waals surface area contributed by atoms with Gasteiger partial charge in [0, 0.05) is 30.5 Å². The van der Waals surface area contributed by atoms with Gasteiger partial charge in [0.25, 0.3) is 0 Å². The van der Waals surface area contributed by atoms with Gasteiger partial charge >= 0.3 is 0 Å². The number of nitrogens with one attached hydrogen (secondary N) is 2. The van der Waals surface area contributed by atoms with Gasteiger partial charge in [0.05, 0.1) is 0 Å². The molecule has 202 valence electrons. The molecule has 4 aliphatic carbocycles. The summed E-state index contributed by atoms with van der Waals surface area (Å²) in [6, 6.07) is 0.775. The number of piperidine rings is 1. The van der Waals surface area contributed by atoms with Crippen LogP contribution in [0.5, 0.6) is 0 Å². The smallest absolute Gasteiger partial charge is 0.133 e. The van der Waals surface area contributed by atoms with Crippen LogP contribution in [0.3, 0.4) is 0 Å². The summed E-state index contributed by atoms with van der Waals surface area (Å²) in [5, 5.41) is 11.7. The third kappa shape index (κ3) is 6.04. The highest BCUT2D eigenvalue weighted by Crippen LogP contribution is 2.67. The Labute approximate surface area is 215 Å². The first-order valence-electron chi connectivity index (χ1n) is 14.9. The molecule has 8 unspecified atom stereocenters. The van der Waals surface area contributed by atoms with Crippen molar-refractivity contribution in [2.24, 2.45) is 51.9 Å². The average Bonchev–Trinajstić information content (AvgIpc) is 3.23. The van der Waals surface area contributed by atoms with Gasteiger partial charge in [-0.15, -0.1) is 0 Å². The zero-order valence-corrected chi connectivity index (χ0v) is 23.3. The zero-order chi connectivity index (χ0) is 25.6. The van der Waals surface area contributed by atoms with Crippen LogP contribution in [0, 0.1) is 45.8 Å². The number of ketones is 1. The molecule has 4 saturated carbocycles. The molecule has 6 N–H and O–H groups in total. The number of hydrogen-bond acceptors (Lipinski definition) is 5. The molecule has 1 saturated heterocycles. The molecular weight excluding hydrogens is 432 g/mol. The van der Waals surface area contributed by atoms with Gasteiger partial charge in [0.15, 0.2) is 0 Å². The largest absolute Gasteiger partial charge is 0.333 e. The van der Waals surface area contributed by atoms with Gasteiger partial charge in [0.2, 0.25) is 0 Å². The van der Waals surface area contributed by atoms with Crippen molar-refractivity contribution in [2.75, 3.05) is 20.1 Å². The second-order valence-corrected chi connectivity index (χ2v) is 12.8. The summed E-state index contributed by atoms with van der Waals surface area (Å²) in [4.78, 5) is 11.9. The molecule has 5 fully saturated rings. The highest BCUT2D eigenvalue weighted by atomic mass is 16.1. The van der Waals surface area contributed by atoms with Crippen molar-refractivity contribution < 1.29 is 4.79 Å². The SMILES string of the molecule is CC(=N)C1CCC2C3CCC4CC(=O)CCC4(C)C3CCC12C.CN.NCCCC1CCCCN1. The fourth-order valence-electron chi connectivity index (χ4n) is 9.29. The van der Waals surface area contributed by atoms with Gasteiger partial charge in [-0.1, -0.05) is 20.3 Å². The lowest BCUT2D eigenvalue weighted by molar-refractivity contribution is -0.138. The molecule has 0 amide bonds. The fraction of sp³-hybridized carbons (Fsp3) is 0.933. The van der Waals surface area contributed by atoms with E-state index in [1.807, 2.05) is 6.92 Å². The zero-order valence-electron chi connectivity index (χ0n) is 23.3. The lowest BCUT2D eigenvalue weighted by atomic mass is 9.44. The van der Waals surface area contributed by atoms with E-state index < -0.39 is 0 Å². The van der Waals surface area contributed by atoms with Crippen LogP contribution < -0.4 is 16.8 Å². The standard InChI is InChI=1S/C21H33NO.C8H18N2.CH5N/c1-13(22)17-6-7-18-16-5-4-14-12-15(23)8-10-20(14,2)19(16)9-11-21(17,18)3;9-6-3-5-8-4-1-2-7-10-8;1-2/h14,16-19,22H,4-12H2,1-3H3;8,10H,1-7,9H2;2H2,1H3. The maximum absolute atomic E-state index is 11.9. The summed E-state index contributed by atoms with van der Waals surface area (Å²) in [6.07, 6.45) is 17.3. The van der Waals surface area contributed by atoms with Gasteiger partial charge in [-0.05, 0) is 132 Å². The lowest BCUT2D eigenvalue weighted by Crippen LogP contribution is -2.53. The third-order valence-corrected chi connectivity index (χ3v) is 11.2. The van der Waals surface area contributed by atoms with E-state index in [1.54, 1.807) is 0 Å². The van der Waals surface area contributed by atoms with Crippen molar-refractivity contribution in [1.29, 1.82) is 5.41 Å². The average molecular weight is 489 g/mol. The Kier molecular flexibility index (Phi) is 10.4. The Morgan fingerprint density at radius 2 is 1.74 bits per heavy atom. The minimum atomic E-state index is 0.390. The van der Waals surface area contributed by atoms with Gasteiger partial charge in [-0.3, -0.25) is 4.79 Å². The normalized spacial score (nSPS) is 42.3. The van der Waals surface area contributed by atoms with Crippen molar-refractivity contribution in [2.45, 2.75) is 117 Å². The van der Waals surface area contributed by atoms with Crippen LogP contribution in [0.2, 0.25) is 0 Å². The number of hydrogen-bond donors (Lipinski definition) is 4. The number of Topliss-reactive ketones (excluding diaryl/α,β-unsaturated/α-hetero) is 1. The highest BCUT2D eigenvalue weighted by molar-refractivity contribution is 5.82. The summed E-state index contributed by atoms with van der Waals surface area (Å²) in [6.45, 7) is 9.13. The Morgan fingerprint density at radius 1 is 1.00 bits per heavy atom. The highest BCUT2D eigenvalue weighted by Gasteiger charge is 2.60. The molecular formula is C30H56N4O. The third-order valence-electron chi connectivity index (χ3n) is 11.2. The van der Waals surface area contributed by atoms with E-state index >= 15 is 0 Å². The van der Waals surface area contributed by atoms with Crippen molar-refractivity contribution in [3.05, 3.63) is 0 Å². The molecule has 5 aliphatic rings. The molecule has 1 heterocycles. The molecule has 35 heavy (non-hydrogen) atoms. The second-order valence-electron chi connectivity index (χ2n) is 12.8. The van der Waals surface area contributed by atoms with Crippen LogP contribution in [-0.4, -0.2) is 37.7 Å². The number of fused-ring (bicyclic) bond motifs is 5. The van der Waals surface area contributed by atoms with E-state index in [-0.39, 0.29) is 0 Å². The summed E-state index contributed by atoms with van der Waals surface area (Å²) in [7, 11) is 1.50. The summed E-state index contributed by atoms with van der Waals surface area (Å²) in [5.41, 5.74) is 11.7. The number of carbonyl (C=O) groups is 1. The van der Waals surface area contributed by atoms with Crippen LogP contribution in [0.15, 0.2) is 0 Å². The van der Waals surface area contributed by atoms with E-state index in [2.05, 4.69) is 24.9 Å². The summed E-state index contributed by atoms with van der Waals surface area (Å²) >= 11 is 0. The van der Waals surface area contributed by atoms with Crippen molar-refractivity contribution in [3.63, 3.8) is 0 Å². The van der Waals surface area contributed by atoms with Gasteiger partial charge in [-0.25, -0.2) is 0 Å². The van der Waals surface area contributed by atoms with Crippen molar-refractivity contribution in [1.82, 2.24) is 5.32 Å². The van der Waals surface area contributed by atoms with Crippen LogP contribution in [-0.2, 0) is 4.79 Å². The fourth-order valence-corrected chi connectivity index (χ4v) is 9.29. The van der Waals surface area contributed by atoms with E-state index in [9.17, 15) is 4.79 Å². The number of rotatable bonds is 4. The van der Waals surface area contributed by atoms with Gasteiger partial charge < -0.3 is 22.2 Å². The van der Waals surface area contributed by atoms with Crippen molar-refractivity contribution in [3.8, 4) is 0 Å². The molecule has 0 spiro atoms. The first-order valence-corrected chi connectivity index (χ1v) is 14.9. The molecule has 0 aromatic rings. The Bertz CT molecular complexity index is 704. The van der Waals surface area contributed by atoms with Gasteiger partial charge in [0.1, 0.15) is 5.78 Å². The van der Waals surface area contributed by atoms with E-state index in [0.29, 0.717) is 28.4 Å². The molecule has 5 heteroatoms. The first-order chi connectivity index (χ1) is 16.8. The van der Waals surface area contributed by atoms with Crippen molar-refractivity contribution >= 4 is 11.5 Å². The molecule has 0 aromatic heterocycles. The van der Waals surface area contributed by atoms with E-state index in [4.69, 9.17) is 11.1 Å². The van der Waals surface area contributed by atoms with Gasteiger partial charge in [-0.2, -0.15) is 0 Å². The summed E-state index contributed by atoms with van der Waals surface area (Å²) in [5.74, 6) is 4.27. The molecule has 0 radical (unpaired) electrons. The molecule has 0 aromatic carbocycles. The Hall–Kier alpha value is -0.780. The van der Waals surface area contributed by atoms with Crippen LogP contribution in [0.4, 0.5) is 0 Å². The maximum atomic E-state index is 11.9. The van der Waals surface area contributed by atoms with Crippen LogP contribution in [0.1, 0.15) is 111 Å². The minimum absolute atomic E-state index is 0.390. The molecule has 5 rings (SSSR count). The predicted octanol–water partition coefficient (Wildman–Crippen LogP) is 5.70. The number of nitrogens with two attached hydrogens (primary N) is 2. The van der Waals surface area contributed by atoms with E-state index in [1.165, 1.54) is 84.2 Å². The molecule has 0 bridgehead atoms. The topological polar surface area (TPSA) is 105 Å². The monoisotopic (exact) mass is 488 g/mol. The molecule has 5 nitrogen and oxygen atoms in total. The van der Waals surface area contributed by atoms with Crippen LogP contribution >= 0.6 is 0 Å². The maximum Gasteiger partial charge on any atom is 0.133 e.